The van der Waals surface area contributed by atoms with E-state index in [-0.39, 0.29) is 0 Å². The molecule has 0 aliphatic rings. The monoisotopic (exact) mass is 253 g/mol. The molecule has 1 aromatic carbocycles. The van der Waals surface area contributed by atoms with Gasteiger partial charge in [-0.25, -0.2) is 0 Å². The first kappa shape index (κ1) is 12.9. The lowest BCUT2D eigenvalue weighted by atomic mass is 10.2. The van der Waals surface area contributed by atoms with Crippen LogP contribution < -0.4 is 10.1 Å². The van der Waals surface area contributed by atoms with E-state index in [1.807, 2.05) is 24.3 Å². The number of anilines is 2. The lowest BCUT2D eigenvalue weighted by molar-refractivity contribution is 0.317. The van der Waals surface area contributed by atoms with Gasteiger partial charge >= 0.3 is 0 Å². The number of hydrogen-bond acceptors (Lipinski definition) is 4. The van der Waals surface area contributed by atoms with Gasteiger partial charge in [0.2, 0.25) is 0 Å². The molecule has 0 aliphatic heterocycles. The van der Waals surface area contributed by atoms with Crippen molar-refractivity contribution < 1.29 is 4.74 Å². The van der Waals surface area contributed by atoms with Gasteiger partial charge in [-0.2, -0.15) is 5.26 Å². The van der Waals surface area contributed by atoms with Crippen LogP contribution in [0.15, 0.2) is 42.7 Å². The van der Waals surface area contributed by atoms with Gasteiger partial charge in [-0.05, 0) is 36.8 Å². The molecule has 19 heavy (non-hydrogen) atoms. The zero-order chi connectivity index (χ0) is 13.5. The minimum atomic E-state index is 0.571. The summed E-state index contributed by atoms with van der Waals surface area (Å²) < 4.78 is 5.51. The van der Waals surface area contributed by atoms with E-state index in [1.54, 1.807) is 18.5 Å². The molecule has 96 valence electrons. The van der Waals surface area contributed by atoms with Crippen molar-refractivity contribution >= 4 is 11.4 Å². The first-order valence-corrected chi connectivity index (χ1v) is 6.17. The molecule has 0 saturated heterocycles. The smallest absolute Gasteiger partial charge is 0.119 e. The summed E-state index contributed by atoms with van der Waals surface area (Å²) in [5.74, 6) is 0.846. The summed E-state index contributed by atoms with van der Waals surface area (Å²) in [7, 11) is 0. The summed E-state index contributed by atoms with van der Waals surface area (Å²) in [5.41, 5.74) is 2.17. The number of ether oxygens (including phenoxy) is 1. The van der Waals surface area contributed by atoms with Crippen LogP contribution in [0.5, 0.6) is 5.75 Å². The van der Waals surface area contributed by atoms with Crippen LogP contribution in [0.1, 0.15) is 18.9 Å². The summed E-state index contributed by atoms with van der Waals surface area (Å²) in [5, 5.41) is 12.2. The van der Waals surface area contributed by atoms with E-state index in [0.717, 1.165) is 17.9 Å². The third-order valence-corrected chi connectivity index (χ3v) is 2.55. The van der Waals surface area contributed by atoms with Crippen LogP contribution in [0.4, 0.5) is 11.4 Å². The first-order chi connectivity index (χ1) is 9.33. The Balaban J connectivity index is 2.09. The molecule has 0 aliphatic carbocycles. The summed E-state index contributed by atoms with van der Waals surface area (Å²) in [4.78, 5) is 4.01. The maximum Gasteiger partial charge on any atom is 0.119 e. The molecule has 1 heterocycles. The topological polar surface area (TPSA) is 57.9 Å². The molecule has 0 unspecified atom stereocenters. The van der Waals surface area contributed by atoms with Crippen molar-refractivity contribution in [1.82, 2.24) is 4.98 Å². The fraction of sp³-hybridized carbons (Fsp3) is 0.200. The molecule has 2 aromatic rings. The predicted octanol–water partition coefficient (Wildman–Crippen LogP) is 3.49. The van der Waals surface area contributed by atoms with Crippen LogP contribution in [-0.4, -0.2) is 11.6 Å². The SMILES string of the molecule is CCCOc1ccc(Nc2cnccc2C#N)cc1. The highest BCUT2D eigenvalue weighted by atomic mass is 16.5. The lowest BCUT2D eigenvalue weighted by Gasteiger charge is -2.09. The number of nitrogens with one attached hydrogen (secondary N) is 1. The lowest BCUT2D eigenvalue weighted by Crippen LogP contribution is -1.96. The second kappa shape index (κ2) is 6.41. The Morgan fingerprint density at radius 2 is 2.05 bits per heavy atom. The summed E-state index contributed by atoms with van der Waals surface area (Å²) in [6.07, 6.45) is 4.23. The Morgan fingerprint density at radius 3 is 2.74 bits per heavy atom. The van der Waals surface area contributed by atoms with Crippen LogP contribution in [0, 0.1) is 11.3 Å². The largest absolute Gasteiger partial charge is 0.494 e. The van der Waals surface area contributed by atoms with E-state index >= 15 is 0 Å². The molecule has 0 saturated carbocycles. The van der Waals surface area contributed by atoms with Gasteiger partial charge in [0.1, 0.15) is 11.8 Å². The highest BCUT2D eigenvalue weighted by Crippen LogP contribution is 2.21. The van der Waals surface area contributed by atoms with Gasteiger partial charge in [-0.15, -0.1) is 0 Å². The molecule has 4 heteroatoms. The number of nitrogens with zero attached hydrogens (tertiary/aromatic N) is 2. The summed E-state index contributed by atoms with van der Waals surface area (Å²) >= 11 is 0. The Morgan fingerprint density at radius 1 is 1.26 bits per heavy atom. The maximum atomic E-state index is 9.00. The van der Waals surface area contributed by atoms with Crippen molar-refractivity contribution in [2.45, 2.75) is 13.3 Å². The molecule has 1 N–H and O–H groups in total. The van der Waals surface area contributed by atoms with Crippen molar-refractivity contribution in [2.24, 2.45) is 0 Å². The van der Waals surface area contributed by atoms with Crippen molar-refractivity contribution in [3.63, 3.8) is 0 Å². The van der Waals surface area contributed by atoms with E-state index in [9.17, 15) is 0 Å². The first-order valence-electron chi connectivity index (χ1n) is 6.17. The third-order valence-electron chi connectivity index (χ3n) is 2.55. The van der Waals surface area contributed by atoms with Crippen LogP contribution in [-0.2, 0) is 0 Å². The molecular formula is C15H15N3O. The Kier molecular flexibility index (Phi) is 4.35. The van der Waals surface area contributed by atoms with Gasteiger partial charge in [-0.3, -0.25) is 4.98 Å². The highest BCUT2D eigenvalue weighted by molar-refractivity contribution is 5.65. The van der Waals surface area contributed by atoms with Crippen LogP contribution in [0.25, 0.3) is 0 Å². The van der Waals surface area contributed by atoms with Crippen molar-refractivity contribution in [2.75, 3.05) is 11.9 Å². The van der Waals surface area contributed by atoms with Gasteiger partial charge < -0.3 is 10.1 Å². The Hall–Kier alpha value is -2.54. The van der Waals surface area contributed by atoms with Gasteiger partial charge in [0.25, 0.3) is 0 Å². The summed E-state index contributed by atoms with van der Waals surface area (Å²) in [6, 6.07) is 11.4. The number of benzene rings is 1. The molecule has 1 aromatic heterocycles. The molecule has 0 fully saturated rings. The standard InChI is InChI=1S/C15H15N3O/c1-2-9-19-14-5-3-13(4-6-14)18-15-11-17-8-7-12(15)10-16/h3-8,11,18H,2,9H2,1H3. The molecule has 2 rings (SSSR count). The zero-order valence-electron chi connectivity index (χ0n) is 10.8. The summed E-state index contributed by atoms with van der Waals surface area (Å²) in [6.45, 7) is 2.79. The molecule has 0 atom stereocenters. The van der Waals surface area contributed by atoms with Crippen LogP contribution in [0.3, 0.4) is 0 Å². The van der Waals surface area contributed by atoms with E-state index in [0.29, 0.717) is 17.9 Å². The minimum Gasteiger partial charge on any atom is -0.494 e. The zero-order valence-corrected chi connectivity index (χ0v) is 10.8. The van der Waals surface area contributed by atoms with Gasteiger partial charge in [0.05, 0.1) is 24.1 Å². The van der Waals surface area contributed by atoms with Gasteiger partial charge in [0.15, 0.2) is 0 Å². The number of aromatic nitrogens is 1. The van der Waals surface area contributed by atoms with Crippen molar-refractivity contribution in [3.8, 4) is 11.8 Å². The second-order valence-electron chi connectivity index (χ2n) is 4.03. The predicted molar refractivity (Wildman–Crippen MR) is 74.5 cm³/mol. The van der Waals surface area contributed by atoms with Gasteiger partial charge in [0, 0.05) is 11.9 Å². The van der Waals surface area contributed by atoms with Crippen molar-refractivity contribution in [3.05, 3.63) is 48.3 Å². The van der Waals surface area contributed by atoms with E-state index in [4.69, 9.17) is 10.00 Å². The number of rotatable bonds is 5. The number of nitriles is 1. The van der Waals surface area contributed by atoms with E-state index < -0.39 is 0 Å². The quantitative estimate of drug-likeness (QED) is 0.886. The Labute approximate surface area is 112 Å². The average molecular weight is 253 g/mol. The van der Waals surface area contributed by atoms with Crippen LogP contribution in [0.2, 0.25) is 0 Å². The Bertz CT molecular complexity index is 573. The second-order valence-corrected chi connectivity index (χ2v) is 4.03. The van der Waals surface area contributed by atoms with E-state index in [1.165, 1.54) is 0 Å². The fourth-order valence-corrected chi connectivity index (χ4v) is 1.60. The van der Waals surface area contributed by atoms with E-state index in [2.05, 4.69) is 23.3 Å². The normalized spacial score (nSPS) is 9.68. The third kappa shape index (κ3) is 3.46. The number of pyridine rings is 1. The maximum absolute atomic E-state index is 9.00. The van der Waals surface area contributed by atoms with Gasteiger partial charge in [-0.1, -0.05) is 6.92 Å². The average Bonchev–Trinajstić information content (AvgIpc) is 2.47. The van der Waals surface area contributed by atoms with Crippen molar-refractivity contribution in [1.29, 1.82) is 5.26 Å². The molecule has 0 spiro atoms. The highest BCUT2D eigenvalue weighted by Gasteiger charge is 2.02. The molecule has 0 radical (unpaired) electrons. The fourth-order valence-electron chi connectivity index (χ4n) is 1.60. The minimum absolute atomic E-state index is 0.571. The number of hydrogen-bond donors (Lipinski definition) is 1. The molecular weight excluding hydrogens is 238 g/mol. The van der Waals surface area contributed by atoms with Crippen LogP contribution >= 0.6 is 0 Å². The molecule has 4 nitrogen and oxygen atoms in total. The molecule has 0 amide bonds. The molecule has 0 bridgehead atoms.